The molecular formula is C17H9F2N. The monoisotopic (exact) mass is 265 g/mol. The summed E-state index contributed by atoms with van der Waals surface area (Å²) in [4.78, 5) is 4.25. The van der Waals surface area contributed by atoms with Crippen LogP contribution in [0.2, 0.25) is 0 Å². The third-order valence-corrected chi connectivity index (χ3v) is 2.89. The first-order valence-electron chi connectivity index (χ1n) is 6.05. The van der Waals surface area contributed by atoms with Gasteiger partial charge >= 0.3 is 0 Å². The number of benzene rings is 2. The number of pyridine rings is 1. The standard InChI is InChI=1S/C17H9F2N/c18-15-5-3-6-16(19)14(15)9-8-12-10-13-4-1-2-7-17(13)20-11-12/h1-7,10-11H. The summed E-state index contributed by atoms with van der Waals surface area (Å²) in [6.45, 7) is 0. The van der Waals surface area contributed by atoms with Gasteiger partial charge in [-0.2, -0.15) is 0 Å². The number of halogens is 2. The van der Waals surface area contributed by atoms with Gasteiger partial charge in [-0.05, 0) is 24.3 Å². The van der Waals surface area contributed by atoms with Gasteiger partial charge in [-0.25, -0.2) is 8.78 Å². The topological polar surface area (TPSA) is 12.9 Å². The molecule has 0 bridgehead atoms. The second kappa shape index (κ2) is 5.10. The maximum absolute atomic E-state index is 13.4. The lowest BCUT2D eigenvalue weighted by Crippen LogP contribution is -1.89. The largest absolute Gasteiger partial charge is 0.255 e. The lowest BCUT2D eigenvalue weighted by Gasteiger charge is -1.97. The number of rotatable bonds is 0. The zero-order valence-electron chi connectivity index (χ0n) is 10.4. The van der Waals surface area contributed by atoms with Crippen molar-refractivity contribution < 1.29 is 8.78 Å². The highest BCUT2D eigenvalue weighted by Gasteiger charge is 2.04. The summed E-state index contributed by atoms with van der Waals surface area (Å²) in [5, 5.41) is 0.938. The van der Waals surface area contributed by atoms with Gasteiger partial charge in [-0.3, -0.25) is 4.98 Å². The summed E-state index contributed by atoms with van der Waals surface area (Å²) >= 11 is 0. The Kier molecular flexibility index (Phi) is 3.14. The van der Waals surface area contributed by atoms with Gasteiger partial charge in [-0.15, -0.1) is 0 Å². The van der Waals surface area contributed by atoms with Crippen molar-refractivity contribution in [2.75, 3.05) is 0 Å². The fourth-order valence-electron chi connectivity index (χ4n) is 1.89. The lowest BCUT2D eigenvalue weighted by molar-refractivity contribution is 0.577. The highest BCUT2D eigenvalue weighted by Crippen LogP contribution is 2.13. The van der Waals surface area contributed by atoms with E-state index in [0.29, 0.717) is 5.56 Å². The molecule has 0 atom stereocenters. The molecule has 1 aromatic heterocycles. The van der Waals surface area contributed by atoms with Crippen molar-refractivity contribution in [3.05, 3.63) is 77.5 Å². The third-order valence-electron chi connectivity index (χ3n) is 2.89. The molecule has 0 unspecified atom stereocenters. The maximum atomic E-state index is 13.4. The Labute approximate surface area is 114 Å². The van der Waals surface area contributed by atoms with Crippen molar-refractivity contribution in [3.8, 4) is 11.8 Å². The highest BCUT2D eigenvalue weighted by molar-refractivity contribution is 5.79. The van der Waals surface area contributed by atoms with E-state index in [-0.39, 0.29) is 5.56 Å². The molecule has 1 nitrogen and oxygen atoms in total. The van der Waals surface area contributed by atoms with E-state index in [1.54, 1.807) is 6.20 Å². The fourth-order valence-corrected chi connectivity index (χ4v) is 1.89. The first-order valence-corrected chi connectivity index (χ1v) is 6.05. The summed E-state index contributed by atoms with van der Waals surface area (Å²) in [6, 6.07) is 13.1. The van der Waals surface area contributed by atoms with Crippen molar-refractivity contribution in [1.82, 2.24) is 4.98 Å². The molecule has 3 aromatic rings. The minimum absolute atomic E-state index is 0.222. The van der Waals surface area contributed by atoms with Crippen LogP contribution in [0, 0.1) is 23.5 Å². The third kappa shape index (κ3) is 2.36. The molecule has 0 saturated heterocycles. The molecule has 3 rings (SSSR count). The van der Waals surface area contributed by atoms with Crippen LogP contribution >= 0.6 is 0 Å². The van der Waals surface area contributed by atoms with E-state index in [0.717, 1.165) is 10.9 Å². The van der Waals surface area contributed by atoms with Gasteiger partial charge in [0.25, 0.3) is 0 Å². The van der Waals surface area contributed by atoms with Gasteiger partial charge in [0.2, 0.25) is 0 Å². The van der Waals surface area contributed by atoms with Crippen LogP contribution in [0.4, 0.5) is 8.78 Å². The van der Waals surface area contributed by atoms with Crippen LogP contribution in [0.15, 0.2) is 54.7 Å². The quantitative estimate of drug-likeness (QED) is 0.561. The van der Waals surface area contributed by atoms with E-state index in [9.17, 15) is 8.78 Å². The molecule has 3 heteroatoms. The normalized spacial score (nSPS) is 10.1. The Bertz CT molecular complexity index is 824. The molecule has 0 saturated carbocycles. The summed E-state index contributed by atoms with van der Waals surface area (Å²) in [7, 11) is 0. The van der Waals surface area contributed by atoms with Crippen LogP contribution in [0.3, 0.4) is 0 Å². The summed E-state index contributed by atoms with van der Waals surface area (Å²) < 4.78 is 26.9. The van der Waals surface area contributed by atoms with Crippen LogP contribution in [-0.2, 0) is 0 Å². The van der Waals surface area contributed by atoms with Gasteiger partial charge in [0, 0.05) is 17.1 Å². The first kappa shape index (κ1) is 12.3. The van der Waals surface area contributed by atoms with Crippen molar-refractivity contribution >= 4 is 10.9 Å². The number of aromatic nitrogens is 1. The fraction of sp³-hybridized carbons (Fsp3) is 0. The van der Waals surface area contributed by atoms with Crippen molar-refractivity contribution in [1.29, 1.82) is 0 Å². The smallest absolute Gasteiger partial charge is 0.141 e. The van der Waals surface area contributed by atoms with Gasteiger partial charge in [-0.1, -0.05) is 36.1 Å². The summed E-state index contributed by atoms with van der Waals surface area (Å²) in [5.74, 6) is 3.94. The van der Waals surface area contributed by atoms with E-state index >= 15 is 0 Å². The van der Waals surface area contributed by atoms with Gasteiger partial charge in [0.05, 0.1) is 11.1 Å². The maximum Gasteiger partial charge on any atom is 0.141 e. The molecule has 0 fully saturated rings. The Morgan fingerprint density at radius 3 is 2.40 bits per heavy atom. The van der Waals surface area contributed by atoms with Gasteiger partial charge < -0.3 is 0 Å². The molecule has 0 aliphatic rings. The van der Waals surface area contributed by atoms with E-state index < -0.39 is 11.6 Å². The second-order valence-electron chi connectivity index (χ2n) is 4.26. The Hall–Kier alpha value is -2.73. The number of hydrogen-bond donors (Lipinski definition) is 0. The van der Waals surface area contributed by atoms with Crippen LogP contribution in [0.25, 0.3) is 10.9 Å². The molecule has 96 valence electrons. The molecule has 0 amide bonds. The van der Waals surface area contributed by atoms with Crippen molar-refractivity contribution in [2.45, 2.75) is 0 Å². The van der Waals surface area contributed by atoms with Gasteiger partial charge in [0.1, 0.15) is 11.6 Å². The minimum Gasteiger partial charge on any atom is -0.255 e. The molecule has 0 N–H and O–H groups in total. The average molecular weight is 265 g/mol. The molecule has 0 aliphatic carbocycles. The minimum atomic E-state index is -0.661. The average Bonchev–Trinajstić information content (AvgIpc) is 2.46. The highest BCUT2D eigenvalue weighted by atomic mass is 19.1. The van der Waals surface area contributed by atoms with E-state index in [2.05, 4.69) is 16.8 Å². The first-order chi connectivity index (χ1) is 9.74. The molecule has 1 heterocycles. The zero-order valence-corrected chi connectivity index (χ0v) is 10.4. The SMILES string of the molecule is Fc1cccc(F)c1C#Cc1cnc2ccccc2c1. The number of hydrogen-bond acceptors (Lipinski definition) is 1. The number of fused-ring (bicyclic) bond motifs is 1. The van der Waals surface area contributed by atoms with E-state index in [1.165, 1.54) is 18.2 Å². The second-order valence-corrected chi connectivity index (χ2v) is 4.26. The van der Waals surface area contributed by atoms with Crippen LogP contribution in [0.5, 0.6) is 0 Å². The van der Waals surface area contributed by atoms with Crippen molar-refractivity contribution in [3.63, 3.8) is 0 Å². The molecule has 0 aliphatic heterocycles. The lowest BCUT2D eigenvalue weighted by atomic mass is 10.1. The predicted molar refractivity (Wildman–Crippen MR) is 74.1 cm³/mol. The Morgan fingerprint density at radius 2 is 1.60 bits per heavy atom. The van der Waals surface area contributed by atoms with Crippen LogP contribution in [-0.4, -0.2) is 4.98 Å². The Balaban J connectivity index is 2.04. The molecule has 20 heavy (non-hydrogen) atoms. The predicted octanol–water partition coefficient (Wildman–Crippen LogP) is 3.91. The molecule has 0 spiro atoms. The van der Waals surface area contributed by atoms with Crippen molar-refractivity contribution in [2.24, 2.45) is 0 Å². The summed E-state index contributed by atoms with van der Waals surface area (Å²) in [5.41, 5.74) is 1.25. The number of nitrogens with zero attached hydrogens (tertiary/aromatic N) is 1. The van der Waals surface area contributed by atoms with Crippen LogP contribution in [0.1, 0.15) is 11.1 Å². The number of para-hydroxylation sites is 1. The Morgan fingerprint density at radius 1 is 0.850 bits per heavy atom. The van der Waals surface area contributed by atoms with Gasteiger partial charge in [0.15, 0.2) is 0 Å². The summed E-state index contributed by atoms with van der Waals surface area (Å²) in [6.07, 6.45) is 1.59. The zero-order chi connectivity index (χ0) is 13.9. The van der Waals surface area contributed by atoms with E-state index in [1.807, 2.05) is 30.3 Å². The van der Waals surface area contributed by atoms with E-state index in [4.69, 9.17) is 0 Å². The molecule has 2 aromatic carbocycles. The van der Waals surface area contributed by atoms with Crippen LogP contribution < -0.4 is 0 Å². The molecular weight excluding hydrogens is 256 g/mol. The molecule has 0 radical (unpaired) electrons.